The molecule has 4 nitrogen and oxygen atoms in total. The molecule has 6 heteroatoms. The zero-order valence-electron chi connectivity index (χ0n) is 16.1. The van der Waals surface area contributed by atoms with Gasteiger partial charge in [-0.15, -0.1) is 12.4 Å². The second kappa shape index (κ2) is 6.90. The third-order valence-corrected chi connectivity index (χ3v) is 8.04. The summed E-state index contributed by atoms with van der Waals surface area (Å²) in [5.41, 5.74) is 4.82. The zero-order valence-corrected chi connectivity index (χ0v) is 17.7. The number of aryl methyl sites for hydroxylation is 2. The Hall–Kier alpha value is -1.82. The van der Waals surface area contributed by atoms with E-state index < -0.39 is 9.84 Å². The van der Waals surface area contributed by atoms with Gasteiger partial charge in [-0.3, -0.25) is 0 Å². The molecule has 1 N–H and O–H groups in total. The van der Waals surface area contributed by atoms with Gasteiger partial charge in [0, 0.05) is 42.1 Å². The molecule has 5 rings (SSSR count). The minimum atomic E-state index is -3.52. The lowest BCUT2D eigenvalue weighted by molar-refractivity contribution is 0.503. The van der Waals surface area contributed by atoms with Gasteiger partial charge in [0.2, 0.25) is 9.84 Å². The van der Waals surface area contributed by atoms with Gasteiger partial charge in [-0.25, -0.2) is 8.42 Å². The van der Waals surface area contributed by atoms with E-state index in [1.54, 1.807) is 18.2 Å². The van der Waals surface area contributed by atoms with E-state index >= 15 is 0 Å². The standard InChI is InChI=1S/C22H24N2O2S.ClH/c1-3-14-5-4-6-16(11-14)27(25,26)17-8-10-20-18(13-17)22-19-9-7-15(23-19)12-21(22)24(20)2;/h4-6,8,10-11,13,15,19,23H,3,7,9,12H2,1-2H3;1H. The molecule has 2 bridgehead atoms. The fourth-order valence-electron chi connectivity index (χ4n) is 4.82. The topological polar surface area (TPSA) is 51.1 Å². The van der Waals surface area contributed by atoms with Gasteiger partial charge in [0.1, 0.15) is 0 Å². The van der Waals surface area contributed by atoms with E-state index in [0.717, 1.165) is 35.7 Å². The number of hydrogen-bond donors (Lipinski definition) is 1. The molecule has 2 unspecified atom stereocenters. The minimum Gasteiger partial charge on any atom is -0.347 e. The van der Waals surface area contributed by atoms with Crippen LogP contribution in [0.5, 0.6) is 0 Å². The Balaban J connectivity index is 0.00000192. The largest absolute Gasteiger partial charge is 0.347 e. The average Bonchev–Trinajstić information content (AvgIpc) is 3.20. The molecular formula is C22H25ClN2O2S. The quantitative estimate of drug-likeness (QED) is 0.690. The summed E-state index contributed by atoms with van der Waals surface area (Å²) >= 11 is 0. The Labute approximate surface area is 172 Å². The van der Waals surface area contributed by atoms with Crippen LogP contribution in [0.1, 0.15) is 42.6 Å². The first-order chi connectivity index (χ1) is 13.0. The van der Waals surface area contributed by atoms with Gasteiger partial charge in [-0.2, -0.15) is 0 Å². The maximum atomic E-state index is 13.3. The summed E-state index contributed by atoms with van der Waals surface area (Å²) < 4.78 is 28.8. The highest BCUT2D eigenvalue weighted by atomic mass is 35.5. The number of hydrogen-bond acceptors (Lipinski definition) is 3. The van der Waals surface area contributed by atoms with Crippen molar-refractivity contribution in [1.29, 1.82) is 0 Å². The molecule has 1 aromatic heterocycles. The number of fused-ring (bicyclic) bond motifs is 6. The molecule has 2 aliphatic rings. The van der Waals surface area contributed by atoms with E-state index in [2.05, 4.69) is 16.9 Å². The Morgan fingerprint density at radius 1 is 1.11 bits per heavy atom. The molecule has 0 amide bonds. The van der Waals surface area contributed by atoms with Crippen LogP contribution in [0.15, 0.2) is 52.3 Å². The van der Waals surface area contributed by atoms with Crippen molar-refractivity contribution < 1.29 is 8.42 Å². The third kappa shape index (κ3) is 2.79. The van der Waals surface area contributed by atoms with Crippen molar-refractivity contribution in [3.8, 4) is 0 Å². The average molecular weight is 417 g/mol. The number of nitrogens with one attached hydrogen (secondary N) is 1. The third-order valence-electron chi connectivity index (χ3n) is 6.29. The van der Waals surface area contributed by atoms with Crippen LogP contribution >= 0.6 is 12.4 Å². The Morgan fingerprint density at radius 3 is 2.68 bits per heavy atom. The van der Waals surface area contributed by atoms with E-state index in [1.165, 1.54) is 17.7 Å². The maximum Gasteiger partial charge on any atom is 0.206 e. The predicted molar refractivity (Wildman–Crippen MR) is 114 cm³/mol. The summed E-state index contributed by atoms with van der Waals surface area (Å²) in [7, 11) is -1.42. The highest BCUT2D eigenvalue weighted by molar-refractivity contribution is 7.91. The molecule has 3 heterocycles. The van der Waals surface area contributed by atoms with Crippen molar-refractivity contribution in [2.24, 2.45) is 7.05 Å². The van der Waals surface area contributed by atoms with Crippen molar-refractivity contribution in [3.05, 3.63) is 59.3 Å². The second-order valence-corrected chi connectivity index (χ2v) is 9.75. The number of sulfone groups is 1. The molecular weight excluding hydrogens is 392 g/mol. The first-order valence-electron chi connectivity index (χ1n) is 9.70. The van der Waals surface area contributed by atoms with Gasteiger partial charge in [0.05, 0.1) is 9.79 Å². The smallest absolute Gasteiger partial charge is 0.206 e. The highest BCUT2D eigenvalue weighted by Crippen LogP contribution is 2.42. The first-order valence-corrected chi connectivity index (χ1v) is 11.2. The maximum absolute atomic E-state index is 13.3. The zero-order chi connectivity index (χ0) is 18.8. The fourth-order valence-corrected chi connectivity index (χ4v) is 6.17. The van der Waals surface area contributed by atoms with Crippen molar-refractivity contribution in [2.45, 2.75) is 54.5 Å². The van der Waals surface area contributed by atoms with Crippen molar-refractivity contribution in [2.75, 3.05) is 0 Å². The molecule has 2 aromatic carbocycles. The van der Waals surface area contributed by atoms with Crippen LogP contribution in [0, 0.1) is 0 Å². The molecule has 2 aliphatic heterocycles. The van der Waals surface area contributed by atoms with E-state index in [9.17, 15) is 8.42 Å². The molecule has 28 heavy (non-hydrogen) atoms. The van der Waals surface area contributed by atoms with Gasteiger partial charge in [0.25, 0.3) is 0 Å². The van der Waals surface area contributed by atoms with E-state index in [-0.39, 0.29) is 12.4 Å². The van der Waals surface area contributed by atoms with Gasteiger partial charge in [0.15, 0.2) is 0 Å². The molecule has 1 saturated heterocycles. The van der Waals surface area contributed by atoms with Crippen molar-refractivity contribution in [3.63, 3.8) is 0 Å². The lowest BCUT2D eigenvalue weighted by Gasteiger charge is -2.23. The van der Waals surface area contributed by atoms with Gasteiger partial charge >= 0.3 is 0 Å². The summed E-state index contributed by atoms with van der Waals surface area (Å²) in [4.78, 5) is 0.766. The fraction of sp³-hybridized carbons (Fsp3) is 0.364. The molecule has 0 spiro atoms. The molecule has 0 radical (unpaired) electrons. The second-order valence-electron chi connectivity index (χ2n) is 7.80. The highest BCUT2D eigenvalue weighted by Gasteiger charge is 2.36. The molecule has 0 aliphatic carbocycles. The summed E-state index contributed by atoms with van der Waals surface area (Å²) in [6.45, 7) is 2.04. The van der Waals surface area contributed by atoms with Crippen molar-refractivity contribution in [1.82, 2.24) is 9.88 Å². The monoisotopic (exact) mass is 416 g/mol. The van der Waals surface area contributed by atoms with Crippen molar-refractivity contribution >= 4 is 33.1 Å². The molecule has 3 aromatic rings. The number of aromatic nitrogens is 1. The Bertz CT molecular complexity index is 1170. The molecule has 1 fully saturated rings. The summed E-state index contributed by atoms with van der Waals surface area (Å²) in [6.07, 6.45) is 4.18. The predicted octanol–water partition coefficient (Wildman–Crippen LogP) is 4.34. The van der Waals surface area contributed by atoms with E-state index in [0.29, 0.717) is 21.9 Å². The first kappa shape index (κ1) is 19.5. The molecule has 148 valence electrons. The van der Waals surface area contributed by atoms with Crippen LogP contribution in [0.25, 0.3) is 10.9 Å². The lowest BCUT2D eigenvalue weighted by Crippen LogP contribution is -2.32. The number of rotatable bonds is 3. The van der Waals surface area contributed by atoms with Gasteiger partial charge in [-0.05, 0) is 60.7 Å². The van der Waals surface area contributed by atoms with Crippen LogP contribution in [-0.4, -0.2) is 19.0 Å². The number of benzene rings is 2. The minimum absolute atomic E-state index is 0. The number of nitrogens with zero attached hydrogens (tertiary/aromatic N) is 1. The summed E-state index contributed by atoms with van der Waals surface area (Å²) in [5, 5.41) is 4.78. The Morgan fingerprint density at radius 2 is 1.89 bits per heavy atom. The normalized spacial score (nSPS) is 20.8. The van der Waals surface area contributed by atoms with E-state index in [1.807, 2.05) is 31.2 Å². The van der Waals surface area contributed by atoms with E-state index in [4.69, 9.17) is 0 Å². The Kier molecular flexibility index (Phi) is 4.81. The van der Waals surface area contributed by atoms with Gasteiger partial charge in [-0.1, -0.05) is 19.1 Å². The summed E-state index contributed by atoms with van der Waals surface area (Å²) in [6, 6.07) is 13.8. The van der Waals surface area contributed by atoms with Crippen LogP contribution in [0.3, 0.4) is 0 Å². The van der Waals surface area contributed by atoms with Crippen LogP contribution in [0.2, 0.25) is 0 Å². The van der Waals surface area contributed by atoms with Gasteiger partial charge < -0.3 is 9.88 Å². The molecule has 0 saturated carbocycles. The van der Waals surface area contributed by atoms with Crippen LogP contribution in [-0.2, 0) is 29.7 Å². The molecule has 2 atom stereocenters. The lowest BCUT2D eigenvalue weighted by atomic mass is 9.99. The number of halogens is 1. The summed E-state index contributed by atoms with van der Waals surface area (Å²) in [5.74, 6) is 0. The van der Waals surface area contributed by atoms with Crippen LogP contribution < -0.4 is 5.32 Å². The van der Waals surface area contributed by atoms with Crippen LogP contribution in [0.4, 0.5) is 0 Å². The SMILES string of the molecule is CCc1cccc(S(=O)(=O)c2ccc3c(c2)c2c(n3C)CC3CCC2N3)c1.Cl.